The minimum atomic E-state index is 0. The van der Waals surface area contributed by atoms with Gasteiger partial charge in [-0.2, -0.15) is 0 Å². The molecule has 40 nitrogen and oxygen atoms in total. The second-order valence-electron chi connectivity index (χ2n) is 0. The molecule has 0 aliphatic rings. The molecule has 0 heterocycles. The maximum atomic E-state index is 0. The molecule has 0 bridgehead atoms. The van der Waals surface area contributed by atoms with Crippen LogP contribution in [0.2, 0.25) is 0 Å². The van der Waals surface area contributed by atoms with E-state index in [0.29, 0.717) is 0 Å². The van der Waals surface area contributed by atoms with Crippen molar-refractivity contribution >= 4 is 19.8 Å². The number of hydrogen-bond donors (Lipinski definition) is 0. The normalized spacial score (nSPS) is 0. The van der Waals surface area contributed by atoms with Crippen LogP contribution >= 0.6 is 0 Å². The second-order valence-corrected chi connectivity index (χ2v) is 0. The predicted molar refractivity (Wildman–Crippen MR) is 91.7 cm³/mol. The average molecular weight is 1390 g/mol. The van der Waals surface area contributed by atoms with Crippen LogP contribution in [-0.4, -0.2) is 107 Å². The fraction of sp³-hybridized carbons (Fsp3) is 0. The van der Waals surface area contributed by atoms with Gasteiger partial charge in [0.1, 0.15) is 0 Å². The molecule has 0 atom stereocenters. The van der Waals surface area contributed by atoms with Gasteiger partial charge in [-0.15, -0.1) is 0 Å². The molecule has 42 N–H and O–H groups in total. The van der Waals surface area contributed by atoms with E-state index in [0.717, 1.165) is 0 Å². The average Bonchev–Trinajstić information content (AvgIpc) is 0. The van der Waals surface area contributed by atoms with Crippen LogP contribution in [0, 0.1) is 0 Å². The molecule has 0 unspecified atom stereocenters. The minimum absolute atomic E-state index is 0. The van der Waals surface area contributed by atoms with Crippen molar-refractivity contribution in [3.63, 3.8) is 0 Å². The maximum absolute atomic E-state index is 0. The fourth-order valence-electron chi connectivity index (χ4n) is 0. The molecule has 0 aromatic carbocycles. The van der Waals surface area contributed by atoms with Crippen LogP contribution in [0.15, 0.2) is 0 Å². The third-order valence-corrected chi connectivity index (χ3v) is 0. The van der Waals surface area contributed by atoms with E-state index >= 15 is 0 Å². The summed E-state index contributed by atoms with van der Waals surface area (Å²) in [5.41, 5.74) is 0. The molecule has 0 aromatic heterocycles. The predicted octanol–water partition coefficient (Wildman–Crippen LogP) is -16.1. The molecule has 0 aromatic rings. The van der Waals surface area contributed by atoms with Crippen LogP contribution in [0.25, 0.3) is 0 Å². The van der Waals surface area contributed by atoms with E-state index in [1.807, 2.05) is 0 Å². The molecule has 0 aliphatic heterocycles. The standard InChI is InChI=1S/Co.Ga.6Mo.22H2O.18O/h;;;;;;;;22*1H2;;;;;;;;;;;;;;;;;;/q2*+3;;;;;;;;;;;;;;;;;;;;;;;;;;;;;18*-2/p-2. The zero-order valence-corrected chi connectivity index (χ0v) is 37.3. The second kappa shape index (κ2) is 9270. The van der Waals surface area contributed by atoms with Gasteiger partial charge < -0.3 is 219 Å². The summed E-state index contributed by atoms with van der Waals surface area (Å²) in [6, 6.07) is 0. The molecule has 48 heteroatoms. The van der Waals surface area contributed by atoms with Crippen molar-refractivity contribution in [3.8, 4) is 0 Å². The van der Waals surface area contributed by atoms with Crippen LogP contribution in [0.4, 0.5) is 0 Å². The SMILES string of the molecule is O.O.O.O.O.O.O.O.[Co+3].[Ga+3].[Mo].[Mo].[Mo].[Mo].[Mo].[Mo].[O-2].[O-2].[O-2].[O-2].[O-2].[O-2].[O-2].[O-2].[O-2].[O-2].[O-2].[O-2].[O-2].[O-2].[O-2].[O-2].[O-2].[O-2].[OH-].[OH-].[OH-].[OH-].[OH-].[OH-].[OH-].[OH-].[OH3+].[OH3+].[OH3+].[OH3+].[OH3+].[OH3+]. The molecule has 0 rings (SSSR count). The van der Waals surface area contributed by atoms with E-state index in [1.54, 1.807) is 0 Å². The molecule has 0 saturated heterocycles. The van der Waals surface area contributed by atoms with Gasteiger partial charge in [-0.25, -0.2) is 0 Å². The minimum Gasteiger partial charge on any atom is -2.00 e. The first-order chi connectivity index (χ1) is 0. The van der Waals surface area contributed by atoms with Crippen molar-refractivity contribution in [2.75, 3.05) is 0 Å². The molecule has 362 valence electrons. The molecular weight excluding hydrogens is 1340 g/mol. The smallest absolute Gasteiger partial charge is 2.00 e. The summed E-state index contributed by atoms with van der Waals surface area (Å²) in [6.45, 7) is 0. The van der Waals surface area contributed by atoms with Gasteiger partial charge in [0.05, 0.1) is 0 Å². The van der Waals surface area contributed by atoms with Crippen LogP contribution in [0.1, 0.15) is 0 Å². The first kappa shape index (κ1) is 9840. The molecule has 0 saturated carbocycles. The van der Waals surface area contributed by atoms with Crippen molar-refractivity contribution < 1.29 is 362 Å². The molecule has 0 fully saturated rings. The Morgan fingerprint density at radius 1 is 0.146 bits per heavy atom. The number of rotatable bonds is 0. The summed E-state index contributed by atoms with van der Waals surface area (Å²) in [5, 5.41) is 0. The summed E-state index contributed by atoms with van der Waals surface area (Å²) in [6.07, 6.45) is 0. The molecule has 0 aliphatic carbocycles. The van der Waals surface area contributed by atoms with E-state index in [9.17, 15) is 0 Å². The molecule has 0 amide bonds. The van der Waals surface area contributed by atoms with Crippen LogP contribution in [-0.2, 0) is 275 Å². The molecule has 0 spiro atoms. The van der Waals surface area contributed by atoms with Crippen LogP contribution in [0.3, 0.4) is 0 Å². The Bertz CT molecular complexity index is 39.7. The monoisotopic (exact) mass is 1400 g/mol. The first-order valence-corrected chi connectivity index (χ1v) is 0. The molecule has 48 heavy (non-hydrogen) atoms. The van der Waals surface area contributed by atoms with Crippen molar-refractivity contribution in [2.24, 2.45) is 0 Å². The summed E-state index contributed by atoms with van der Waals surface area (Å²) in [7, 11) is 0. The van der Waals surface area contributed by atoms with Gasteiger partial charge in [-0.3, -0.25) is 0 Å². The summed E-state index contributed by atoms with van der Waals surface area (Å²) < 4.78 is 0. The van der Waals surface area contributed by atoms with E-state index in [1.165, 1.54) is 0 Å². The topological polar surface area (TPSA) is 1200 Å². The third-order valence-electron chi connectivity index (χ3n) is 0. The fourth-order valence-corrected chi connectivity index (χ4v) is 0. The van der Waals surface area contributed by atoms with Crippen molar-refractivity contribution in [1.82, 2.24) is 0 Å². The molecule has 0 radical (unpaired) electrons. The summed E-state index contributed by atoms with van der Waals surface area (Å²) in [5.74, 6) is 0. The largest absolute Gasteiger partial charge is 3.00 e. The Morgan fingerprint density at radius 2 is 0.146 bits per heavy atom. The van der Waals surface area contributed by atoms with Crippen molar-refractivity contribution in [3.05, 3.63) is 0 Å². The van der Waals surface area contributed by atoms with Crippen LogP contribution < -0.4 is 0 Å². The van der Waals surface area contributed by atoms with E-state index in [2.05, 4.69) is 0 Å². The Morgan fingerprint density at radius 3 is 0.146 bits per heavy atom. The Balaban J connectivity index is 0. The van der Waals surface area contributed by atoms with Gasteiger partial charge in [-0.05, 0) is 0 Å². The molecular formula is H42CoGaMo6O40-32. The van der Waals surface area contributed by atoms with Gasteiger partial charge in [0.15, 0.2) is 0 Å². The maximum Gasteiger partial charge on any atom is 3.00 e. The van der Waals surface area contributed by atoms with Crippen molar-refractivity contribution in [2.45, 2.75) is 0 Å². The van der Waals surface area contributed by atoms with Gasteiger partial charge >= 0.3 is 36.6 Å². The van der Waals surface area contributed by atoms with Gasteiger partial charge in [0.2, 0.25) is 0 Å². The first-order valence-electron chi connectivity index (χ1n) is 0. The third kappa shape index (κ3) is 8720. The Kier molecular flexibility index (Phi) is 1900000. The Labute approximate surface area is 378 Å². The summed E-state index contributed by atoms with van der Waals surface area (Å²) in [4.78, 5) is 0. The zero-order valence-electron chi connectivity index (χ0n) is 21.8. The van der Waals surface area contributed by atoms with E-state index in [4.69, 9.17) is 0 Å². The van der Waals surface area contributed by atoms with Gasteiger partial charge in [0.25, 0.3) is 0 Å². The van der Waals surface area contributed by atoms with Gasteiger partial charge in [-0.1, -0.05) is 0 Å². The van der Waals surface area contributed by atoms with Crippen LogP contribution in [0.5, 0.6) is 0 Å². The van der Waals surface area contributed by atoms with Gasteiger partial charge in [0, 0.05) is 126 Å². The summed E-state index contributed by atoms with van der Waals surface area (Å²) >= 11 is 0. The van der Waals surface area contributed by atoms with Crippen molar-refractivity contribution in [1.29, 1.82) is 0 Å². The number of hydrogen-bond acceptors (Lipinski definition) is 8. The van der Waals surface area contributed by atoms with E-state index in [-0.39, 0.29) is 382 Å². The zero-order chi connectivity index (χ0) is 0. The Hall–Kier alpha value is 3.67. The quantitative estimate of drug-likeness (QED) is 0.165. The van der Waals surface area contributed by atoms with E-state index < -0.39 is 0 Å².